The molecule has 0 fully saturated rings. The Balaban J connectivity index is 2.71. The fourth-order valence-corrected chi connectivity index (χ4v) is 1.02. The number of carbonyl (C=O) groups is 1. The highest BCUT2D eigenvalue weighted by Gasteiger charge is 2.12. The van der Waals surface area contributed by atoms with E-state index in [4.69, 9.17) is 5.11 Å². The van der Waals surface area contributed by atoms with Crippen molar-refractivity contribution < 1.29 is 9.90 Å². The summed E-state index contributed by atoms with van der Waals surface area (Å²) in [4.78, 5) is 18.3. The van der Waals surface area contributed by atoms with E-state index < -0.39 is 6.09 Å². The van der Waals surface area contributed by atoms with Crippen molar-refractivity contribution in [2.75, 3.05) is 0 Å². The lowest BCUT2D eigenvalue weighted by Gasteiger charge is -2.02. The van der Waals surface area contributed by atoms with E-state index in [1.54, 1.807) is 12.1 Å². The Kier molecular flexibility index (Phi) is 1.30. The van der Waals surface area contributed by atoms with Crippen molar-refractivity contribution in [3.05, 3.63) is 24.7 Å². The molecule has 2 aliphatic rings. The van der Waals surface area contributed by atoms with Gasteiger partial charge in [-0.2, -0.15) is 0 Å². The summed E-state index contributed by atoms with van der Waals surface area (Å²) in [6.45, 7) is 0. The Hall–Kier alpha value is -1.91. The van der Waals surface area contributed by atoms with Crippen LogP contribution in [0.5, 0.6) is 0 Å². The van der Waals surface area contributed by atoms with Crippen molar-refractivity contribution in [2.45, 2.75) is 0 Å². The second kappa shape index (κ2) is 2.30. The molecule has 1 N–H and O–H groups in total. The Morgan fingerprint density at radius 1 is 1.50 bits per heavy atom. The molecule has 0 amide bonds. The molecule has 2 rings (SSSR count). The van der Waals surface area contributed by atoms with E-state index in [1.165, 1.54) is 12.5 Å². The number of hydrogen-bond donors (Lipinski definition) is 1. The molecule has 60 valence electrons. The summed E-state index contributed by atoms with van der Waals surface area (Å²) in [6.07, 6.45) is 1.71. The Labute approximate surface area is 67.6 Å². The van der Waals surface area contributed by atoms with Gasteiger partial charge in [-0.3, -0.25) is 0 Å². The first-order valence-electron chi connectivity index (χ1n) is 3.30. The average molecular weight is 163 g/mol. The Bertz CT molecular complexity index is 396. The van der Waals surface area contributed by atoms with Gasteiger partial charge in [-0.1, -0.05) is 0 Å². The minimum atomic E-state index is -1.05. The molecule has 0 aromatic rings. The Morgan fingerprint density at radius 2 is 2.33 bits per heavy atom. The molecule has 2 heterocycles. The van der Waals surface area contributed by atoms with Gasteiger partial charge in [0.25, 0.3) is 0 Å². The SMILES string of the molecule is O=C(O)n1cccc2ncnc1-2. The van der Waals surface area contributed by atoms with Crippen LogP contribution >= 0.6 is 0 Å². The van der Waals surface area contributed by atoms with Crippen molar-refractivity contribution in [2.24, 2.45) is 0 Å². The summed E-state index contributed by atoms with van der Waals surface area (Å²) in [5.74, 6) is 0.366. The minimum Gasteiger partial charge on any atom is -0.464 e. The second-order valence-electron chi connectivity index (χ2n) is 2.24. The molecular formula is C7H5N3O2. The summed E-state index contributed by atoms with van der Waals surface area (Å²) < 4.78 is 1.03. The lowest BCUT2D eigenvalue weighted by molar-refractivity contribution is 0.196. The maximum Gasteiger partial charge on any atom is 0.417 e. The molecule has 0 atom stereocenters. The molecule has 0 bridgehead atoms. The van der Waals surface area contributed by atoms with Crippen LogP contribution in [0, 0.1) is 0 Å². The smallest absolute Gasteiger partial charge is 0.417 e. The van der Waals surface area contributed by atoms with Gasteiger partial charge in [0.2, 0.25) is 0 Å². The highest BCUT2D eigenvalue weighted by atomic mass is 16.4. The van der Waals surface area contributed by atoms with E-state index in [1.807, 2.05) is 0 Å². The monoisotopic (exact) mass is 163 g/mol. The van der Waals surface area contributed by atoms with Gasteiger partial charge in [0.05, 0.1) is 0 Å². The number of imidazole rings is 1. The third kappa shape index (κ3) is 0.833. The van der Waals surface area contributed by atoms with Crippen molar-refractivity contribution in [3.63, 3.8) is 0 Å². The molecule has 0 spiro atoms. The molecule has 5 heteroatoms. The quantitative estimate of drug-likeness (QED) is 0.626. The summed E-state index contributed by atoms with van der Waals surface area (Å²) in [6, 6.07) is 3.33. The lowest BCUT2D eigenvalue weighted by Crippen LogP contribution is -2.11. The molecule has 5 nitrogen and oxygen atoms in total. The summed E-state index contributed by atoms with van der Waals surface area (Å²) in [5, 5.41) is 8.70. The largest absolute Gasteiger partial charge is 0.464 e. The number of hydrogen-bond acceptors (Lipinski definition) is 3. The third-order valence-corrected chi connectivity index (χ3v) is 1.53. The van der Waals surface area contributed by atoms with Gasteiger partial charge >= 0.3 is 6.09 Å². The second-order valence-corrected chi connectivity index (χ2v) is 2.24. The normalized spacial score (nSPS) is 10.3. The average Bonchev–Trinajstić information content (AvgIpc) is 2.49. The van der Waals surface area contributed by atoms with Crippen molar-refractivity contribution in [1.29, 1.82) is 0 Å². The zero-order valence-corrected chi connectivity index (χ0v) is 6.01. The number of fused-ring (bicyclic) bond motifs is 1. The number of nitrogens with zero attached hydrogens (tertiary/aromatic N) is 3. The number of carboxylic acid groups (broad SMARTS) is 1. The van der Waals surface area contributed by atoms with Crippen LogP contribution in [0.2, 0.25) is 0 Å². The van der Waals surface area contributed by atoms with Crippen LogP contribution in [-0.2, 0) is 0 Å². The minimum absolute atomic E-state index is 0.366. The molecule has 0 saturated carbocycles. The predicted octanol–water partition coefficient (Wildman–Crippen LogP) is 0.909. The van der Waals surface area contributed by atoms with Crippen LogP contribution in [0.1, 0.15) is 0 Å². The third-order valence-electron chi connectivity index (χ3n) is 1.53. The molecule has 0 unspecified atom stereocenters. The van der Waals surface area contributed by atoms with Crippen LogP contribution in [0.3, 0.4) is 0 Å². The molecular weight excluding hydrogens is 158 g/mol. The molecule has 0 aromatic heterocycles. The number of aromatic nitrogens is 3. The first-order chi connectivity index (χ1) is 5.79. The van der Waals surface area contributed by atoms with Gasteiger partial charge < -0.3 is 5.11 Å². The lowest BCUT2D eigenvalue weighted by atomic mass is 10.3. The summed E-state index contributed by atoms with van der Waals surface area (Å²) >= 11 is 0. The van der Waals surface area contributed by atoms with Crippen molar-refractivity contribution in [1.82, 2.24) is 14.5 Å². The maximum atomic E-state index is 10.6. The molecule has 0 aromatic carbocycles. The van der Waals surface area contributed by atoms with E-state index >= 15 is 0 Å². The van der Waals surface area contributed by atoms with Gasteiger partial charge in [0.15, 0.2) is 5.82 Å². The van der Waals surface area contributed by atoms with Crippen LogP contribution in [-0.4, -0.2) is 25.7 Å². The molecule has 0 aliphatic carbocycles. The van der Waals surface area contributed by atoms with Crippen LogP contribution < -0.4 is 0 Å². The van der Waals surface area contributed by atoms with Gasteiger partial charge in [0.1, 0.15) is 12.0 Å². The number of pyridine rings is 1. The zero-order valence-electron chi connectivity index (χ0n) is 6.01. The van der Waals surface area contributed by atoms with Crippen LogP contribution in [0.4, 0.5) is 4.79 Å². The summed E-state index contributed by atoms with van der Waals surface area (Å²) in [5.41, 5.74) is 0.583. The summed E-state index contributed by atoms with van der Waals surface area (Å²) in [7, 11) is 0. The van der Waals surface area contributed by atoms with Crippen LogP contribution in [0.25, 0.3) is 11.5 Å². The van der Waals surface area contributed by atoms with E-state index in [2.05, 4.69) is 9.97 Å². The van der Waals surface area contributed by atoms with Gasteiger partial charge in [-0.25, -0.2) is 19.3 Å². The predicted molar refractivity (Wildman–Crippen MR) is 40.1 cm³/mol. The van der Waals surface area contributed by atoms with Gasteiger partial charge in [0, 0.05) is 6.20 Å². The Morgan fingerprint density at radius 3 is 3.08 bits per heavy atom. The van der Waals surface area contributed by atoms with Gasteiger partial charge in [-0.05, 0) is 12.1 Å². The van der Waals surface area contributed by atoms with E-state index in [0.717, 1.165) is 4.57 Å². The highest BCUT2D eigenvalue weighted by Crippen LogP contribution is 2.14. The van der Waals surface area contributed by atoms with Crippen molar-refractivity contribution in [3.8, 4) is 11.5 Å². The first kappa shape index (κ1) is 6.78. The van der Waals surface area contributed by atoms with E-state index in [0.29, 0.717) is 11.5 Å². The maximum absolute atomic E-state index is 10.6. The molecule has 2 aliphatic heterocycles. The zero-order chi connectivity index (χ0) is 8.55. The first-order valence-corrected chi connectivity index (χ1v) is 3.30. The fourth-order valence-electron chi connectivity index (χ4n) is 1.02. The molecule has 0 radical (unpaired) electrons. The van der Waals surface area contributed by atoms with Crippen LogP contribution in [0.15, 0.2) is 24.7 Å². The molecule has 12 heavy (non-hydrogen) atoms. The number of rotatable bonds is 0. The van der Waals surface area contributed by atoms with Gasteiger partial charge in [-0.15, -0.1) is 0 Å². The fraction of sp³-hybridized carbons (Fsp3) is 0. The van der Waals surface area contributed by atoms with E-state index in [-0.39, 0.29) is 0 Å². The van der Waals surface area contributed by atoms with Crippen molar-refractivity contribution >= 4 is 6.09 Å². The van der Waals surface area contributed by atoms with E-state index in [9.17, 15) is 4.79 Å². The topological polar surface area (TPSA) is 68.0 Å². The highest BCUT2D eigenvalue weighted by molar-refractivity contribution is 5.74. The molecule has 0 saturated heterocycles. The standard InChI is InChI=1S/C7H5N3O2/c11-7(12)10-3-1-2-5-6(10)9-4-8-5/h1-4H,(H,11,12).